The van der Waals surface area contributed by atoms with Crippen molar-refractivity contribution in [2.24, 2.45) is 4.99 Å². The molecule has 2 aromatic carbocycles. The smallest absolute Gasteiger partial charge is 0.328 e. The molecule has 23 heavy (non-hydrogen) atoms. The third-order valence-corrected chi connectivity index (χ3v) is 3.58. The maximum Gasteiger partial charge on any atom is 0.328 e. The quantitative estimate of drug-likeness (QED) is 0.630. The Morgan fingerprint density at radius 1 is 1.30 bits per heavy atom. The number of phenolic OH excluding ortho intramolecular Hbond substituents is 1. The number of aromatic amines is 1. The highest BCUT2D eigenvalue weighted by atomic mass is 16.4. The maximum absolute atomic E-state index is 11.3. The number of aliphatic imine (C=N–C) groups is 1. The van der Waals surface area contributed by atoms with Crippen LogP contribution in [0.4, 0.5) is 0 Å². The van der Waals surface area contributed by atoms with Crippen LogP contribution < -0.4 is 0 Å². The van der Waals surface area contributed by atoms with E-state index in [-0.39, 0.29) is 12.2 Å². The molecule has 3 aromatic rings. The molecule has 0 spiro atoms. The first kappa shape index (κ1) is 14.8. The first-order valence-electron chi connectivity index (χ1n) is 7.09. The maximum atomic E-state index is 11.3. The lowest BCUT2D eigenvalue weighted by Crippen LogP contribution is -2.21. The Balaban J connectivity index is 1.88. The van der Waals surface area contributed by atoms with Crippen molar-refractivity contribution in [2.75, 3.05) is 0 Å². The number of phenols is 1. The number of benzene rings is 2. The summed E-state index contributed by atoms with van der Waals surface area (Å²) in [5.41, 5.74) is 1.18. The minimum atomic E-state index is -1.03. The van der Waals surface area contributed by atoms with Crippen molar-refractivity contribution < 1.29 is 15.0 Å². The fourth-order valence-corrected chi connectivity index (χ4v) is 2.35. The van der Waals surface area contributed by atoms with E-state index in [1.54, 1.807) is 18.3 Å². The van der Waals surface area contributed by atoms with E-state index in [2.05, 4.69) is 15.0 Å². The standard InChI is InChI=1S/C17H15N3O3/c21-16-12(6-5-11-3-1-2-4-14(11)16)8-19-15(17(22)23)7-13-9-18-10-20-13/h1-6,8-10,15,21H,7H2,(H,18,20)(H,22,23)/t15-/m0/s1. The topological polar surface area (TPSA) is 98.6 Å². The number of carboxylic acids is 1. The Hall–Kier alpha value is -3.15. The van der Waals surface area contributed by atoms with Gasteiger partial charge in [0.05, 0.1) is 6.33 Å². The Kier molecular flexibility index (Phi) is 4.05. The van der Waals surface area contributed by atoms with Crippen LogP contribution in [0.25, 0.3) is 10.8 Å². The summed E-state index contributed by atoms with van der Waals surface area (Å²) in [6, 6.07) is 10.1. The van der Waals surface area contributed by atoms with Gasteiger partial charge in [0.25, 0.3) is 0 Å². The minimum Gasteiger partial charge on any atom is -0.507 e. The van der Waals surface area contributed by atoms with Crippen molar-refractivity contribution in [2.45, 2.75) is 12.5 Å². The lowest BCUT2D eigenvalue weighted by atomic mass is 10.1. The Morgan fingerprint density at radius 2 is 2.13 bits per heavy atom. The molecule has 0 unspecified atom stereocenters. The monoisotopic (exact) mass is 309 g/mol. The summed E-state index contributed by atoms with van der Waals surface area (Å²) < 4.78 is 0. The Morgan fingerprint density at radius 3 is 2.87 bits per heavy atom. The molecule has 116 valence electrons. The minimum absolute atomic E-state index is 0.0949. The SMILES string of the molecule is O=C(O)[C@H](Cc1cnc[nH]1)N=Cc1ccc2ccccc2c1O. The van der Waals surface area contributed by atoms with Crippen LogP contribution in [-0.2, 0) is 11.2 Å². The third kappa shape index (κ3) is 3.21. The average Bonchev–Trinajstić information content (AvgIpc) is 3.06. The Labute approximate surface area is 132 Å². The van der Waals surface area contributed by atoms with E-state index in [9.17, 15) is 15.0 Å². The molecule has 0 radical (unpaired) electrons. The Bertz CT molecular complexity index is 857. The van der Waals surface area contributed by atoms with Gasteiger partial charge in [-0.05, 0) is 11.5 Å². The van der Waals surface area contributed by atoms with Crippen LogP contribution in [0.5, 0.6) is 5.75 Å². The predicted molar refractivity (Wildman–Crippen MR) is 86.9 cm³/mol. The molecule has 0 fully saturated rings. The summed E-state index contributed by atoms with van der Waals surface area (Å²) in [5, 5.41) is 21.2. The number of carboxylic acid groups (broad SMARTS) is 1. The first-order valence-corrected chi connectivity index (χ1v) is 7.09. The van der Waals surface area contributed by atoms with Gasteiger partial charge >= 0.3 is 5.97 Å². The highest BCUT2D eigenvalue weighted by Crippen LogP contribution is 2.27. The van der Waals surface area contributed by atoms with Crippen LogP contribution >= 0.6 is 0 Å². The van der Waals surface area contributed by atoms with Crippen LogP contribution in [0.15, 0.2) is 53.9 Å². The molecule has 0 aliphatic carbocycles. The molecule has 1 aromatic heterocycles. The second-order valence-corrected chi connectivity index (χ2v) is 5.14. The number of nitrogens with one attached hydrogen (secondary N) is 1. The number of hydrogen-bond acceptors (Lipinski definition) is 4. The zero-order valence-corrected chi connectivity index (χ0v) is 12.2. The molecule has 0 saturated carbocycles. The fourth-order valence-electron chi connectivity index (χ4n) is 2.35. The first-order chi connectivity index (χ1) is 11.1. The van der Waals surface area contributed by atoms with Gasteiger partial charge in [-0.3, -0.25) is 4.99 Å². The van der Waals surface area contributed by atoms with E-state index < -0.39 is 12.0 Å². The third-order valence-electron chi connectivity index (χ3n) is 3.58. The van der Waals surface area contributed by atoms with Crippen LogP contribution in [0.1, 0.15) is 11.3 Å². The molecular weight excluding hydrogens is 294 g/mol. The highest BCUT2D eigenvalue weighted by Gasteiger charge is 2.17. The number of aliphatic carboxylic acids is 1. The van der Waals surface area contributed by atoms with E-state index in [0.717, 1.165) is 5.39 Å². The average molecular weight is 309 g/mol. The van der Waals surface area contributed by atoms with Crippen molar-refractivity contribution in [3.05, 3.63) is 60.2 Å². The zero-order valence-electron chi connectivity index (χ0n) is 12.2. The predicted octanol–water partition coefficient (Wildman–Crippen LogP) is 2.38. The second-order valence-electron chi connectivity index (χ2n) is 5.14. The number of hydrogen-bond donors (Lipinski definition) is 3. The lowest BCUT2D eigenvalue weighted by Gasteiger charge is -2.07. The number of aromatic nitrogens is 2. The van der Waals surface area contributed by atoms with Gasteiger partial charge in [-0.2, -0.15) is 0 Å². The number of H-pyrrole nitrogens is 1. The van der Waals surface area contributed by atoms with Crippen LogP contribution in [-0.4, -0.2) is 38.4 Å². The van der Waals surface area contributed by atoms with E-state index >= 15 is 0 Å². The largest absolute Gasteiger partial charge is 0.507 e. The van der Waals surface area contributed by atoms with E-state index in [0.29, 0.717) is 16.6 Å². The summed E-state index contributed by atoms with van der Waals surface area (Å²) in [6.45, 7) is 0. The van der Waals surface area contributed by atoms with Crippen LogP contribution in [0.2, 0.25) is 0 Å². The number of aromatic hydroxyl groups is 1. The molecule has 0 amide bonds. The van der Waals surface area contributed by atoms with Gasteiger partial charge in [0.1, 0.15) is 5.75 Å². The lowest BCUT2D eigenvalue weighted by molar-refractivity contribution is -0.138. The summed E-state index contributed by atoms with van der Waals surface area (Å²) in [7, 11) is 0. The second kappa shape index (κ2) is 6.31. The summed E-state index contributed by atoms with van der Waals surface area (Å²) in [4.78, 5) is 22.2. The van der Waals surface area contributed by atoms with Gasteiger partial charge in [-0.1, -0.05) is 30.3 Å². The van der Waals surface area contributed by atoms with Gasteiger partial charge in [-0.25, -0.2) is 9.78 Å². The summed E-state index contributed by atoms with van der Waals surface area (Å²) in [6.07, 6.45) is 4.67. The number of carbonyl (C=O) groups is 1. The van der Waals surface area contributed by atoms with Crippen molar-refractivity contribution in [1.82, 2.24) is 9.97 Å². The molecule has 0 bridgehead atoms. The van der Waals surface area contributed by atoms with Gasteiger partial charge in [-0.15, -0.1) is 0 Å². The van der Waals surface area contributed by atoms with E-state index in [1.807, 2.05) is 24.3 Å². The summed E-state index contributed by atoms with van der Waals surface area (Å²) in [5.74, 6) is -0.936. The van der Waals surface area contributed by atoms with Gasteiger partial charge in [0, 0.05) is 35.5 Å². The van der Waals surface area contributed by atoms with Crippen molar-refractivity contribution in [3.8, 4) is 5.75 Å². The van der Waals surface area contributed by atoms with Crippen molar-refractivity contribution in [3.63, 3.8) is 0 Å². The normalized spacial score (nSPS) is 12.7. The molecule has 0 saturated heterocycles. The molecular formula is C17H15N3O3. The molecule has 1 atom stereocenters. The fraction of sp³-hybridized carbons (Fsp3) is 0.118. The number of rotatable bonds is 5. The number of fused-ring (bicyclic) bond motifs is 1. The van der Waals surface area contributed by atoms with Crippen LogP contribution in [0.3, 0.4) is 0 Å². The van der Waals surface area contributed by atoms with Crippen LogP contribution in [0, 0.1) is 0 Å². The van der Waals surface area contributed by atoms with Gasteiger partial charge in [0.15, 0.2) is 6.04 Å². The molecule has 3 N–H and O–H groups in total. The van der Waals surface area contributed by atoms with E-state index in [1.165, 1.54) is 12.5 Å². The van der Waals surface area contributed by atoms with E-state index in [4.69, 9.17) is 0 Å². The summed E-state index contributed by atoms with van der Waals surface area (Å²) >= 11 is 0. The van der Waals surface area contributed by atoms with Crippen molar-refractivity contribution in [1.29, 1.82) is 0 Å². The van der Waals surface area contributed by atoms with Gasteiger partial charge in [0.2, 0.25) is 0 Å². The molecule has 0 aliphatic heterocycles. The zero-order chi connectivity index (χ0) is 16.2. The molecule has 1 heterocycles. The molecule has 6 heteroatoms. The highest BCUT2D eigenvalue weighted by molar-refractivity contribution is 5.97. The molecule has 0 aliphatic rings. The molecule has 3 rings (SSSR count). The molecule has 6 nitrogen and oxygen atoms in total. The van der Waals surface area contributed by atoms with Crippen molar-refractivity contribution >= 4 is 23.0 Å². The van der Waals surface area contributed by atoms with Gasteiger partial charge < -0.3 is 15.2 Å². The number of imidazole rings is 1. The number of nitrogens with zero attached hydrogens (tertiary/aromatic N) is 2.